The topological polar surface area (TPSA) is 75.3 Å². The van der Waals surface area contributed by atoms with Gasteiger partial charge in [-0.2, -0.15) is 0 Å². The van der Waals surface area contributed by atoms with Crippen LogP contribution in [-0.4, -0.2) is 37.7 Å². The third kappa shape index (κ3) is 4.97. The zero-order valence-electron chi connectivity index (χ0n) is 12.0. The lowest BCUT2D eigenvalue weighted by Gasteiger charge is -2.12. The normalized spacial score (nSPS) is 14.9. The molecule has 2 atom stereocenters. The van der Waals surface area contributed by atoms with Gasteiger partial charge in [0.15, 0.2) is 0 Å². The lowest BCUT2D eigenvalue weighted by molar-refractivity contribution is 0.583. The van der Waals surface area contributed by atoms with Gasteiger partial charge < -0.3 is 5.32 Å². The third-order valence-corrected chi connectivity index (χ3v) is 5.81. The van der Waals surface area contributed by atoms with Crippen molar-refractivity contribution >= 4 is 20.8 Å². The van der Waals surface area contributed by atoms with Gasteiger partial charge in [0.1, 0.15) is 0 Å². The summed E-state index contributed by atoms with van der Waals surface area (Å²) in [4.78, 5) is 0.236. The molecule has 0 amide bonds. The number of hydrogen-bond donors (Lipinski definition) is 2. The van der Waals surface area contributed by atoms with Crippen LogP contribution in [0, 0.1) is 0 Å². The molecule has 0 saturated carbocycles. The maximum Gasteiger partial charge on any atom is 0.240 e. The van der Waals surface area contributed by atoms with Gasteiger partial charge in [-0.1, -0.05) is 19.1 Å². The van der Waals surface area contributed by atoms with Gasteiger partial charge in [0, 0.05) is 34.9 Å². The monoisotopic (exact) mass is 318 g/mol. The standard InChI is InChI=1S/C13H22N2O3S2/c1-4-19(16)9-8-15-20(17,18)13-7-5-6-12(10-13)11(2)14-3/h5-7,10-11,14-15H,4,8-9H2,1-3H3. The second kappa shape index (κ2) is 7.87. The highest BCUT2D eigenvalue weighted by molar-refractivity contribution is 7.89. The van der Waals surface area contributed by atoms with Crippen LogP contribution in [0.4, 0.5) is 0 Å². The highest BCUT2D eigenvalue weighted by Gasteiger charge is 2.15. The first-order valence-electron chi connectivity index (χ1n) is 6.52. The summed E-state index contributed by atoms with van der Waals surface area (Å²) in [6.07, 6.45) is 0. The van der Waals surface area contributed by atoms with E-state index in [0.717, 1.165) is 5.56 Å². The molecule has 0 radical (unpaired) electrons. The van der Waals surface area contributed by atoms with Gasteiger partial charge in [-0.3, -0.25) is 4.21 Å². The summed E-state index contributed by atoms with van der Waals surface area (Å²) in [6, 6.07) is 6.90. The second-order valence-electron chi connectivity index (χ2n) is 4.41. The van der Waals surface area contributed by atoms with Crippen LogP contribution in [0.5, 0.6) is 0 Å². The van der Waals surface area contributed by atoms with Gasteiger partial charge in [0.25, 0.3) is 0 Å². The maximum atomic E-state index is 12.1. The van der Waals surface area contributed by atoms with Crippen molar-refractivity contribution in [1.82, 2.24) is 10.0 Å². The summed E-state index contributed by atoms with van der Waals surface area (Å²) in [5, 5.41) is 3.07. The van der Waals surface area contributed by atoms with E-state index < -0.39 is 20.8 Å². The molecule has 0 fully saturated rings. The predicted molar refractivity (Wildman–Crippen MR) is 82.7 cm³/mol. The van der Waals surface area contributed by atoms with Gasteiger partial charge in [-0.05, 0) is 31.7 Å². The average Bonchev–Trinajstić information content (AvgIpc) is 2.46. The van der Waals surface area contributed by atoms with E-state index in [1.807, 2.05) is 27.0 Å². The zero-order valence-corrected chi connectivity index (χ0v) is 13.7. The molecule has 0 bridgehead atoms. The van der Waals surface area contributed by atoms with Crippen LogP contribution in [-0.2, 0) is 20.8 Å². The van der Waals surface area contributed by atoms with Crippen LogP contribution in [0.15, 0.2) is 29.2 Å². The number of sulfonamides is 1. The zero-order chi connectivity index (χ0) is 15.2. The molecule has 0 saturated heterocycles. The Bertz CT molecular complexity index is 558. The fourth-order valence-corrected chi connectivity index (χ4v) is 3.47. The van der Waals surface area contributed by atoms with E-state index in [9.17, 15) is 12.6 Å². The van der Waals surface area contributed by atoms with Gasteiger partial charge in [-0.25, -0.2) is 13.1 Å². The summed E-state index contributed by atoms with van der Waals surface area (Å²) in [5.41, 5.74) is 0.910. The number of hydrogen-bond acceptors (Lipinski definition) is 4. The first kappa shape index (κ1) is 17.3. The minimum absolute atomic E-state index is 0.0812. The number of benzene rings is 1. The SMILES string of the molecule is CCS(=O)CCNS(=O)(=O)c1cccc(C(C)NC)c1. The van der Waals surface area contributed by atoms with Crippen LogP contribution < -0.4 is 10.0 Å². The van der Waals surface area contributed by atoms with Crippen molar-refractivity contribution in [2.45, 2.75) is 24.8 Å². The third-order valence-electron chi connectivity index (χ3n) is 3.05. The lowest BCUT2D eigenvalue weighted by atomic mass is 10.1. The number of nitrogens with one attached hydrogen (secondary N) is 2. The van der Waals surface area contributed by atoms with Crippen molar-refractivity contribution < 1.29 is 12.6 Å². The summed E-state index contributed by atoms with van der Waals surface area (Å²) in [5.74, 6) is 0.874. The summed E-state index contributed by atoms with van der Waals surface area (Å²) >= 11 is 0. The van der Waals surface area contributed by atoms with Crippen molar-refractivity contribution in [1.29, 1.82) is 0 Å². The van der Waals surface area contributed by atoms with E-state index in [0.29, 0.717) is 11.5 Å². The van der Waals surface area contributed by atoms with Crippen molar-refractivity contribution in [2.24, 2.45) is 0 Å². The summed E-state index contributed by atoms with van der Waals surface area (Å²) in [7, 11) is -2.69. The molecule has 2 N–H and O–H groups in total. The summed E-state index contributed by atoms with van der Waals surface area (Å²) < 4.78 is 38.0. The Morgan fingerprint density at radius 2 is 2.05 bits per heavy atom. The molecule has 0 aliphatic rings. The molecule has 2 unspecified atom stereocenters. The van der Waals surface area contributed by atoms with Crippen LogP contribution in [0.25, 0.3) is 0 Å². The minimum atomic E-state index is -3.54. The van der Waals surface area contributed by atoms with Gasteiger partial charge in [0.2, 0.25) is 10.0 Å². The van der Waals surface area contributed by atoms with Crippen LogP contribution >= 0.6 is 0 Å². The highest BCUT2D eigenvalue weighted by atomic mass is 32.2. The molecule has 7 heteroatoms. The quantitative estimate of drug-likeness (QED) is 0.750. The molecule has 1 aromatic rings. The summed E-state index contributed by atoms with van der Waals surface area (Å²) in [6.45, 7) is 3.96. The smallest absolute Gasteiger partial charge is 0.240 e. The van der Waals surface area contributed by atoms with Crippen LogP contribution in [0.1, 0.15) is 25.5 Å². The molecule has 0 aliphatic carbocycles. The fourth-order valence-electron chi connectivity index (χ4n) is 1.64. The second-order valence-corrected chi connectivity index (χ2v) is 8.05. The molecule has 114 valence electrons. The van der Waals surface area contributed by atoms with E-state index in [-0.39, 0.29) is 17.5 Å². The van der Waals surface area contributed by atoms with Crippen molar-refractivity contribution in [3.8, 4) is 0 Å². The molecule has 20 heavy (non-hydrogen) atoms. The highest BCUT2D eigenvalue weighted by Crippen LogP contribution is 2.16. The average molecular weight is 318 g/mol. The maximum absolute atomic E-state index is 12.1. The Labute approximate surface area is 123 Å². The van der Waals surface area contributed by atoms with Crippen LogP contribution in [0.2, 0.25) is 0 Å². The first-order valence-corrected chi connectivity index (χ1v) is 9.49. The molecule has 0 spiro atoms. The molecule has 5 nitrogen and oxygen atoms in total. The van der Waals surface area contributed by atoms with Crippen molar-refractivity contribution in [3.63, 3.8) is 0 Å². The molecule has 0 heterocycles. The van der Waals surface area contributed by atoms with Crippen molar-refractivity contribution in [3.05, 3.63) is 29.8 Å². The first-order chi connectivity index (χ1) is 9.40. The Hall–Kier alpha value is -0.760. The Balaban J connectivity index is 2.79. The Kier molecular flexibility index (Phi) is 6.81. The largest absolute Gasteiger partial charge is 0.313 e. The molecular formula is C13H22N2O3S2. The van der Waals surface area contributed by atoms with E-state index in [1.165, 1.54) is 0 Å². The Morgan fingerprint density at radius 1 is 1.35 bits per heavy atom. The molecule has 0 aliphatic heterocycles. The molecule has 1 rings (SSSR count). The van der Waals surface area contributed by atoms with E-state index in [2.05, 4.69) is 10.0 Å². The van der Waals surface area contributed by atoms with Crippen LogP contribution in [0.3, 0.4) is 0 Å². The lowest BCUT2D eigenvalue weighted by Crippen LogP contribution is -2.28. The Morgan fingerprint density at radius 3 is 2.65 bits per heavy atom. The molecular weight excluding hydrogens is 296 g/mol. The predicted octanol–water partition coefficient (Wildman–Crippen LogP) is 1.01. The van der Waals surface area contributed by atoms with E-state index in [4.69, 9.17) is 0 Å². The van der Waals surface area contributed by atoms with Crippen molar-refractivity contribution in [2.75, 3.05) is 25.1 Å². The van der Waals surface area contributed by atoms with E-state index in [1.54, 1.807) is 18.2 Å². The number of rotatable bonds is 8. The van der Waals surface area contributed by atoms with Gasteiger partial charge in [-0.15, -0.1) is 0 Å². The molecule has 1 aromatic carbocycles. The van der Waals surface area contributed by atoms with Gasteiger partial charge in [0.05, 0.1) is 4.90 Å². The minimum Gasteiger partial charge on any atom is -0.313 e. The molecule has 0 aromatic heterocycles. The van der Waals surface area contributed by atoms with Gasteiger partial charge >= 0.3 is 0 Å². The fraction of sp³-hybridized carbons (Fsp3) is 0.538. The van der Waals surface area contributed by atoms with E-state index >= 15 is 0 Å².